The Morgan fingerprint density at radius 3 is 2.73 bits per heavy atom. The quantitative estimate of drug-likeness (QED) is 0.697. The van der Waals surface area contributed by atoms with Gasteiger partial charge >= 0.3 is 0 Å². The number of ether oxygens (including phenoxy) is 2. The largest absolute Gasteiger partial charge is 0.483 e. The zero-order chi connectivity index (χ0) is 21.3. The van der Waals surface area contributed by atoms with Crippen LogP contribution in [0, 0.1) is 0 Å². The molecule has 1 N–H and O–H groups in total. The molecule has 3 heterocycles. The second-order valence-electron chi connectivity index (χ2n) is 8.77. The first-order valence-corrected chi connectivity index (χ1v) is 13.2. The van der Waals surface area contributed by atoms with Crippen molar-refractivity contribution in [1.29, 1.82) is 0 Å². The van der Waals surface area contributed by atoms with Crippen molar-refractivity contribution in [1.82, 2.24) is 9.62 Å². The molecule has 8 heteroatoms. The number of rotatable bonds is 2. The average molecular weight is 455 g/mol. The van der Waals surface area contributed by atoms with Gasteiger partial charge in [-0.25, -0.2) is 4.72 Å². The lowest BCUT2D eigenvalue weighted by Crippen LogP contribution is -2.59. The van der Waals surface area contributed by atoms with Crippen molar-refractivity contribution in [3.8, 4) is 5.75 Å². The molecule has 0 aromatic heterocycles. The predicted molar refractivity (Wildman–Crippen MR) is 121 cm³/mol. The number of nitrogens with zero attached hydrogens (tertiary/aromatic N) is 1. The third kappa shape index (κ3) is 4.96. The number of amides is 1. The molecule has 2 unspecified atom stereocenters. The number of hydrogen-bond donors (Lipinski definition) is 1. The minimum atomic E-state index is -2.39. The number of benzene rings is 1. The molecule has 4 aliphatic rings. The molecule has 0 radical (unpaired) electrons. The number of nitrogens with one attached hydrogen (secondary N) is 1. The van der Waals surface area contributed by atoms with E-state index in [0.717, 1.165) is 44.1 Å². The van der Waals surface area contributed by atoms with E-state index >= 15 is 0 Å². The number of hydrogen-bond acceptors (Lipinski definition) is 4. The minimum absolute atomic E-state index is 0.0431. The Hall–Kier alpha value is -1.28. The smallest absolute Gasteiger partial charge is 0.260 e. The van der Waals surface area contributed by atoms with Gasteiger partial charge in [0.05, 0.1) is 18.8 Å². The summed E-state index contributed by atoms with van der Waals surface area (Å²) < 4.78 is 27.8. The summed E-state index contributed by atoms with van der Waals surface area (Å²) in [5.41, 5.74) is 1.02. The van der Waals surface area contributed by atoms with Crippen LogP contribution < -0.4 is 9.46 Å². The zero-order valence-electron chi connectivity index (χ0n) is 17.5. The van der Waals surface area contributed by atoms with Crippen LogP contribution in [0.3, 0.4) is 0 Å². The molecule has 1 aromatic carbocycles. The van der Waals surface area contributed by atoms with Gasteiger partial charge in [-0.1, -0.05) is 17.7 Å². The molecule has 5 rings (SSSR count). The molecule has 3 aliphatic heterocycles. The highest BCUT2D eigenvalue weighted by molar-refractivity contribution is 7.97. The van der Waals surface area contributed by atoms with Crippen molar-refractivity contribution in [2.45, 2.75) is 62.6 Å². The number of carbonyl (C=O) groups excluding carboxylic acids is 1. The van der Waals surface area contributed by atoms with Gasteiger partial charge in [-0.15, -0.1) is 0 Å². The zero-order valence-corrected chi connectivity index (χ0v) is 19.1. The van der Waals surface area contributed by atoms with Crippen molar-refractivity contribution in [3.05, 3.63) is 28.8 Å². The van der Waals surface area contributed by atoms with E-state index in [9.17, 15) is 9.00 Å². The lowest BCUT2D eigenvalue weighted by molar-refractivity contribution is -0.140. The van der Waals surface area contributed by atoms with Crippen LogP contribution in [0.1, 0.15) is 50.0 Å². The first-order chi connectivity index (χ1) is 14.3. The maximum atomic E-state index is 13.1. The van der Waals surface area contributed by atoms with Gasteiger partial charge < -0.3 is 14.4 Å². The van der Waals surface area contributed by atoms with E-state index in [-0.39, 0.29) is 30.7 Å². The third-order valence-electron chi connectivity index (χ3n) is 6.45. The Kier molecular flexibility index (Phi) is 6.63. The van der Waals surface area contributed by atoms with Gasteiger partial charge in [-0.2, -0.15) is 0 Å². The highest BCUT2D eigenvalue weighted by atomic mass is 35.5. The van der Waals surface area contributed by atoms with E-state index in [1.165, 1.54) is 0 Å². The van der Waals surface area contributed by atoms with Gasteiger partial charge in [0.15, 0.2) is 6.61 Å². The fourth-order valence-electron chi connectivity index (χ4n) is 5.04. The van der Waals surface area contributed by atoms with Crippen LogP contribution in [0.15, 0.2) is 18.2 Å². The molecule has 1 saturated heterocycles. The topological polar surface area (TPSA) is 67.9 Å². The molecule has 2 fully saturated rings. The summed E-state index contributed by atoms with van der Waals surface area (Å²) in [5, 5.41) is 0.701. The first-order valence-electron chi connectivity index (χ1n) is 10.7. The molecular formula is C22H31ClN2O4S. The molecule has 0 spiro atoms. The van der Waals surface area contributed by atoms with Crippen LogP contribution >= 0.6 is 11.6 Å². The summed E-state index contributed by atoms with van der Waals surface area (Å²) in [6.07, 6.45) is 7.31. The van der Waals surface area contributed by atoms with E-state index in [4.69, 9.17) is 21.1 Å². The first kappa shape index (κ1) is 21.9. The van der Waals surface area contributed by atoms with Crippen molar-refractivity contribution < 1.29 is 18.5 Å². The summed E-state index contributed by atoms with van der Waals surface area (Å²) in [4.78, 5) is 15.0. The lowest BCUT2D eigenvalue weighted by Gasteiger charge is -2.42. The monoisotopic (exact) mass is 454 g/mol. The van der Waals surface area contributed by atoms with Crippen molar-refractivity contribution >= 4 is 33.1 Å². The second-order valence-corrected chi connectivity index (χ2v) is 11.4. The van der Waals surface area contributed by atoms with E-state index in [1.807, 2.05) is 23.1 Å². The van der Waals surface area contributed by atoms with Crippen LogP contribution in [-0.4, -0.2) is 65.1 Å². The summed E-state index contributed by atoms with van der Waals surface area (Å²) in [6, 6.07) is 5.37. The SMILES string of the molecule is C=S(C)(=O)N[C@H]1CCCN2C(=O)COc3cccc(Cl)c3C3CCC(CC3)OCC12. The number of halogens is 1. The van der Waals surface area contributed by atoms with Crippen molar-refractivity contribution in [3.63, 3.8) is 0 Å². The van der Waals surface area contributed by atoms with Gasteiger partial charge in [0.1, 0.15) is 5.75 Å². The fraction of sp³-hybridized carbons (Fsp3) is 0.636. The predicted octanol–water partition coefficient (Wildman–Crippen LogP) is 2.99. The van der Waals surface area contributed by atoms with E-state index in [1.54, 1.807) is 6.26 Å². The van der Waals surface area contributed by atoms with E-state index in [2.05, 4.69) is 10.6 Å². The van der Waals surface area contributed by atoms with Crippen LogP contribution in [0.2, 0.25) is 5.02 Å². The number of carbonyl (C=O) groups is 1. The molecule has 1 aromatic rings. The summed E-state index contributed by atoms with van der Waals surface area (Å²) in [5.74, 6) is 4.68. The Morgan fingerprint density at radius 1 is 1.23 bits per heavy atom. The number of fused-ring (bicyclic) bond motifs is 5. The van der Waals surface area contributed by atoms with Crippen molar-refractivity contribution in [2.24, 2.45) is 0 Å². The third-order valence-corrected chi connectivity index (χ3v) is 7.58. The van der Waals surface area contributed by atoms with Gasteiger partial charge in [-0.3, -0.25) is 9.00 Å². The van der Waals surface area contributed by atoms with E-state index in [0.29, 0.717) is 29.8 Å². The van der Waals surface area contributed by atoms with Crippen LogP contribution in [0.5, 0.6) is 5.75 Å². The Bertz CT molecular complexity index is 883. The molecule has 2 bridgehead atoms. The van der Waals surface area contributed by atoms with Crippen LogP contribution in [0.25, 0.3) is 0 Å². The van der Waals surface area contributed by atoms with Gasteiger partial charge in [0.25, 0.3) is 5.91 Å². The Balaban J connectivity index is 1.63. The molecule has 166 valence electrons. The second kappa shape index (κ2) is 9.07. The minimum Gasteiger partial charge on any atom is -0.483 e. The number of piperidine rings is 1. The standard InChI is InChI=1S/C22H31ClN2O4S/c1-30(2,27)24-18-6-4-12-25-19(18)13-28-16-10-8-15(9-11-16)22-17(23)5-3-7-20(22)29-14-21(25)26/h3,5,7,15-16,18-19H,1,4,6,8-14H2,2H3,(H,24,27)/t15?,16?,18-,19?,30?/m0/s1. The maximum Gasteiger partial charge on any atom is 0.260 e. The lowest BCUT2D eigenvalue weighted by atomic mass is 9.82. The molecule has 6 nitrogen and oxygen atoms in total. The molecule has 1 saturated carbocycles. The Labute approximate surface area is 184 Å². The van der Waals surface area contributed by atoms with Crippen LogP contribution in [0.4, 0.5) is 0 Å². The summed E-state index contributed by atoms with van der Waals surface area (Å²) >= 11 is 6.54. The van der Waals surface area contributed by atoms with E-state index < -0.39 is 9.71 Å². The van der Waals surface area contributed by atoms with Crippen molar-refractivity contribution in [2.75, 3.05) is 26.0 Å². The highest BCUT2D eigenvalue weighted by Gasteiger charge is 2.37. The van der Waals surface area contributed by atoms with Gasteiger partial charge in [-0.05, 0) is 62.4 Å². The molecule has 1 aliphatic carbocycles. The molecule has 3 atom stereocenters. The average Bonchev–Trinajstić information content (AvgIpc) is 2.71. The fourth-order valence-corrected chi connectivity index (χ4v) is 6.28. The van der Waals surface area contributed by atoms with Gasteiger partial charge in [0.2, 0.25) is 0 Å². The maximum absolute atomic E-state index is 13.1. The van der Waals surface area contributed by atoms with Crippen LogP contribution in [-0.2, 0) is 19.2 Å². The molecule has 30 heavy (non-hydrogen) atoms. The van der Waals surface area contributed by atoms with Gasteiger partial charge in [0, 0.05) is 39.1 Å². The Morgan fingerprint density at radius 2 is 2.00 bits per heavy atom. The molecular weight excluding hydrogens is 424 g/mol. The highest BCUT2D eigenvalue weighted by Crippen LogP contribution is 2.42. The summed E-state index contributed by atoms with van der Waals surface area (Å²) in [7, 11) is -2.39. The molecule has 1 amide bonds. The summed E-state index contributed by atoms with van der Waals surface area (Å²) in [6.45, 7) is 1.03. The normalized spacial score (nSPS) is 31.9.